The molecule has 0 aromatic heterocycles. The minimum absolute atomic E-state index is 0.158. The monoisotopic (exact) mass is 282 g/mol. The quantitative estimate of drug-likeness (QED) is 0.843. The topological polar surface area (TPSA) is 92.9 Å². The highest BCUT2D eigenvalue weighted by atomic mass is 19.1. The number of carbonyl (C=O) groups excluding carboxylic acids is 1. The molecule has 0 spiro atoms. The van der Waals surface area contributed by atoms with Crippen LogP contribution in [0.5, 0.6) is 0 Å². The van der Waals surface area contributed by atoms with Crippen molar-refractivity contribution >= 4 is 17.6 Å². The van der Waals surface area contributed by atoms with Crippen LogP contribution in [-0.4, -0.2) is 42.8 Å². The summed E-state index contributed by atoms with van der Waals surface area (Å²) >= 11 is 0. The lowest BCUT2D eigenvalue weighted by atomic mass is 10.1. The van der Waals surface area contributed by atoms with E-state index in [4.69, 9.17) is 15.6 Å². The molecule has 3 N–H and O–H groups in total. The maximum absolute atomic E-state index is 13.8. The summed E-state index contributed by atoms with van der Waals surface area (Å²) in [6.07, 6.45) is -0.158. The molecule has 0 radical (unpaired) electrons. The molecule has 108 valence electrons. The van der Waals surface area contributed by atoms with E-state index in [0.29, 0.717) is 18.8 Å². The summed E-state index contributed by atoms with van der Waals surface area (Å²) in [4.78, 5) is 24.0. The summed E-state index contributed by atoms with van der Waals surface area (Å²) < 4.78 is 19.0. The van der Waals surface area contributed by atoms with E-state index in [1.54, 1.807) is 11.0 Å². The number of ether oxygens (including phenoxy) is 1. The van der Waals surface area contributed by atoms with Gasteiger partial charge in [0.15, 0.2) is 0 Å². The summed E-state index contributed by atoms with van der Waals surface area (Å²) in [7, 11) is 0. The van der Waals surface area contributed by atoms with E-state index >= 15 is 0 Å². The lowest BCUT2D eigenvalue weighted by molar-refractivity contribution is -0.138. The van der Waals surface area contributed by atoms with Crippen LogP contribution in [-0.2, 0) is 9.53 Å². The highest BCUT2D eigenvalue weighted by Crippen LogP contribution is 2.27. The van der Waals surface area contributed by atoms with Crippen molar-refractivity contribution in [1.29, 1.82) is 0 Å². The average Bonchev–Trinajstić information content (AvgIpc) is 2.38. The molecule has 1 fully saturated rings. The molecule has 1 atom stereocenters. The molecule has 1 aromatic carbocycles. The second-order valence-corrected chi connectivity index (χ2v) is 4.52. The fourth-order valence-electron chi connectivity index (χ4n) is 2.34. The van der Waals surface area contributed by atoms with Crippen LogP contribution in [0, 0.1) is 5.82 Å². The zero-order chi connectivity index (χ0) is 14.7. The average molecular weight is 282 g/mol. The second-order valence-electron chi connectivity index (χ2n) is 4.52. The van der Waals surface area contributed by atoms with Crippen molar-refractivity contribution in [1.82, 2.24) is 0 Å². The van der Waals surface area contributed by atoms with Crippen LogP contribution < -0.4 is 10.6 Å². The summed E-state index contributed by atoms with van der Waals surface area (Å²) in [5.74, 6) is -2.57. The van der Waals surface area contributed by atoms with Crippen LogP contribution in [0.15, 0.2) is 18.2 Å². The van der Waals surface area contributed by atoms with Gasteiger partial charge in [-0.05, 0) is 12.1 Å². The smallest absolute Gasteiger partial charge is 0.305 e. The standard InChI is InChI=1S/C13H15FN2O4/c14-9-2-1-3-10(12(9)13(15)19)16-4-5-20-7-8(16)6-11(17)18/h1-3,8H,4-7H2,(H2,15,19)(H,17,18). The normalized spacial score (nSPS) is 18.9. The first-order chi connectivity index (χ1) is 9.50. The summed E-state index contributed by atoms with van der Waals surface area (Å²) in [5, 5.41) is 8.92. The lowest BCUT2D eigenvalue weighted by Crippen LogP contribution is -2.47. The van der Waals surface area contributed by atoms with E-state index in [2.05, 4.69) is 0 Å². The van der Waals surface area contributed by atoms with E-state index in [9.17, 15) is 14.0 Å². The number of morpholine rings is 1. The Morgan fingerprint density at radius 2 is 2.25 bits per heavy atom. The number of carboxylic acid groups (broad SMARTS) is 1. The summed E-state index contributed by atoms with van der Waals surface area (Å²) in [5.41, 5.74) is 5.31. The van der Waals surface area contributed by atoms with Gasteiger partial charge in [0.2, 0.25) is 0 Å². The third-order valence-electron chi connectivity index (χ3n) is 3.19. The minimum atomic E-state index is -0.984. The number of hydrogen-bond acceptors (Lipinski definition) is 4. The minimum Gasteiger partial charge on any atom is -0.481 e. The Kier molecular flexibility index (Phi) is 4.19. The van der Waals surface area contributed by atoms with Crippen molar-refractivity contribution in [2.24, 2.45) is 5.73 Å². The molecule has 1 amide bonds. The van der Waals surface area contributed by atoms with Gasteiger partial charge in [-0.25, -0.2) is 4.39 Å². The molecule has 6 nitrogen and oxygen atoms in total. The highest BCUT2D eigenvalue weighted by molar-refractivity contribution is 5.99. The number of primary amides is 1. The Morgan fingerprint density at radius 1 is 1.50 bits per heavy atom. The number of carbonyl (C=O) groups is 2. The Labute approximate surface area is 114 Å². The molecule has 0 bridgehead atoms. The number of anilines is 1. The SMILES string of the molecule is NC(=O)c1c(F)cccc1N1CCOCC1CC(=O)O. The van der Waals surface area contributed by atoms with Gasteiger partial charge in [-0.2, -0.15) is 0 Å². The molecule has 2 rings (SSSR count). The van der Waals surface area contributed by atoms with Gasteiger partial charge in [0.1, 0.15) is 5.82 Å². The molecule has 1 aliphatic rings. The van der Waals surface area contributed by atoms with Crippen LogP contribution in [0.2, 0.25) is 0 Å². The van der Waals surface area contributed by atoms with Crippen LogP contribution in [0.1, 0.15) is 16.8 Å². The number of aliphatic carboxylic acids is 1. The summed E-state index contributed by atoms with van der Waals surface area (Å²) in [6.45, 7) is 0.966. The molecule has 1 unspecified atom stereocenters. The number of benzene rings is 1. The predicted octanol–water partition coefficient (Wildman–Crippen LogP) is 0.604. The molecular formula is C13H15FN2O4. The van der Waals surface area contributed by atoms with Crippen LogP contribution in [0.4, 0.5) is 10.1 Å². The van der Waals surface area contributed by atoms with Crippen LogP contribution in [0.25, 0.3) is 0 Å². The van der Waals surface area contributed by atoms with E-state index in [0.717, 1.165) is 6.07 Å². The van der Waals surface area contributed by atoms with Gasteiger partial charge >= 0.3 is 5.97 Å². The molecule has 1 aliphatic heterocycles. The van der Waals surface area contributed by atoms with Gasteiger partial charge in [0.25, 0.3) is 5.91 Å². The van der Waals surface area contributed by atoms with Crippen molar-refractivity contribution in [2.75, 3.05) is 24.7 Å². The van der Waals surface area contributed by atoms with Crippen LogP contribution >= 0.6 is 0 Å². The van der Waals surface area contributed by atoms with Gasteiger partial charge in [-0.15, -0.1) is 0 Å². The lowest BCUT2D eigenvalue weighted by Gasteiger charge is -2.37. The molecule has 1 heterocycles. The van der Waals surface area contributed by atoms with Crippen molar-refractivity contribution in [3.8, 4) is 0 Å². The van der Waals surface area contributed by atoms with Crippen molar-refractivity contribution in [3.63, 3.8) is 0 Å². The molecule has 1 saturated heterocycles. The fourth-order valence-corrected chi connectivity index (χ4v) is 2.34. The summed E-state index contributed by atoms with van der Waals surface area (Å²) in [6, 6.07) is 3.71. The Balaban J connectivity index is 2.39. The van der Waals surface area contributed by atoms with Gasteiger partial charge in [-0.3, -0.25) is 9.59 Å². The van der Waals surface area contributed by atoms with Gasteiger partial charge in [0.05, 0.1) is 36.9 Å². The molecule has 0 saturated carbocycles. The Bertz CT molecular complexity index is 535. The van der Waals surface area contributed by atoms with Gasteiger partial charge < -0.3 is 20.5 Å². The molecule has 1 aromatic rings. The zero-order valence-electron chi connectivity index (χ0n) is 10.7. The van der Waals surface area contributed by atoms with Crippen LogP contribution in [0.3, 0.4) is 0 Å². The molecule has 20 heavy (non-hydrogen) atoms. The number of nitrogens with two attached hydrogens (primary N) is 1. The molecular weight excluding hydrogens is 267 g/mol. The van der Waals surface area contributed by atoms with Crippen molar-refractivity contribution in [2.45, 2.75) is 12.5 Å². The maximum Gasteiger partial charge on any atom is 0.305 e. The number of hydrogen-bond donors (Lipinski definition) is 2. The largest absolute Gasteiger partial charge is 0.481 e. The van der Waals surface area contributed by atoms with E-state index < -0.39 is 23.7 Å². The number of halogens is 1. The van der Waals surface area contributed by atoms with E-state index in [1.165, 1.54) is 6.07 Å². The number of carboxylic acids is 1. The third-order valence-corrected chi connectivity index (χ3v) is 3.19. The molecule has 7 heteroatoms. The third kappa shape index (κ3) is 2.88. The van der Waals surface area contributed by atoms with Crippen molar-refractivity contribution < 1.29 is 23.8 Å². The first kappa shape index (κ1) is 14.3. The van der Waals surface area contributed by atoms with Gasteiger partial charge in [-0.1, -0.05) is 6.07 Å². The van der Waals surface area contributed by atoms with Crippen molar-refractivity contribution in [3.05, 3.63) is 29.6 Å². The second kappa shape index (κ2) is 5.87. The number of amides is 1. The van der Waals surface area contributed by atoms with E-state index in [-0.39, 0.29) is 18.6 Å². The van der Waals surface area contributed by atoms with E-state index in [1.807, 2.05) is 0 Å². The highest BCUT2D eigenvalue weighted by Gasteiger charge is 2.29. The number of rotatable bonds is 4. The maximum atomic E-state index is 13.8. The fraction of sp³-hybridized carbons (Fsp3) is 0.385. The first-order valence-electron chi connectivity index (χ1n) is 6.15. The molecule has 0 aliphatic carbocycles. The predicted molar refractivity (Wildman–Crippen MR) is 69.1 cm³/mol. The number of nitrogens with zero attached hydrogens (tertiary/aromatic N) is 1. The Morgan fingerprint density at radius 3 is 2.90 bits per heavy atom. The Hall–Kier alpha value is -2.15. The van der Waals surface area contributed by atoms with Gasteiger partial charge in [0, 0.05) is 6.54 Å². The zero-order valence-corrected chi connectivity index (χ0v) is 10.7. The first-order valence-corrected chi connectivity index (χ1v) is 6.15.